The number of amides is 1. The van der Waals surface area contributed by atoms with Crippen molar-refractivity contribution in [3.63, 3.8) is 0 Å². The number of nitrogens with zero attached hydrogens (tertiary/aromatic N) is 4. The van der Waals surface area contributed by atoms with E-state index in [-0.39, 0.29) is 29.7 Å². The fraction of sp³-hybridized carbons (Fsp3) is 0.500. The molecule has 0 radical (unpaired) electrons. The second-order valence-electron chi connectivity index (χ2n) is 5.96. The predicted octanol–water partition coefficient (Wildman–Crippen LogP) is 1.16. The molecule has 2 fully saturated rings. The van der Waals surface area contributed by atoms with Gasteiger partial charge < -0.3 is 18.9 Å². The number of fused-ring (bicyclic) bond motifs is 1. The van der Waals surface area contributed by atoms with Gasteiger partial charge in [0.2, 0.25) is 5.76 Å². The van der Waals surface area contributed by atoms with E-state index in [2.05, 4.69) is 15.1 Å². The first-order valence-electron chi connectivity index (χ1n) is 8.06. The second-order valence-corrected chi connectivity index (χ2v) is 5.96. The number of aromatic nitrogens is 3. The minimum atomic E-state index is -0.126. The van der Waals surface area contributed by atoms with E-state index in [0.29, 0.717) is 25.8 Å². The lowest BCUT2D eigenvalue weighted by Crippen LogP contribution is -2.53. The highest BCUT2D eigenvalue weighted by molar-refractivity contribution is 5.91. The fourth-order valence-electron chi connectivity index (χ4n) is 3.50. The Bertz CT molecular complexity index is 679. The van der Waals surface area contributed by atoms with Crippen LogP contribution in [0, 0.1) is 5.92 Å². The third-order valence-electron chi connectivity index (χ3n) is 4.60. The molecule has 3 heterocycles. The average molecular weight is 330 g/mol. The minimum Gasteiger partial charge on any atom is -0.463 e. The number of rotatable bonds is 4. The molecule has 1 saturated heterocycles. The van der Waals surface area contributed by atoms with Crippen molar-refractivity contribution in [1.82, 2.24) is 20.0 Å². The Balaban J connectivity index is 1.42. The molecule has 0 spiro atoms. The van der Waals surface area contributed by atoms with Crippen LogP contribution >= 0.6 is 0 Å². The summed E-state index contributed by atoms with van der Waals surface area (Å²) in [5.74, 6) is 0.357. The average Bonchev–Trinajstić information content (AvgIpc) is 3.30. The summed E-state index contributed by atoms with van der Waals surface area (Å²) in [6.07, 6.45) is 6.56. The molecule has 1 aliphatic heterocycles. The molecule has 24 heavy (non-hydrogen) atoms. The van der Waals surface area contributed by atoms with Gasteiger partial charge in [-0.25, -0.2) is 9.97 Å². The largest absolute Gasteiger partial charge is 0.463 e. The highest BCUT2D eigenvalue weighted by atomic mass is 16.5. The van der Waals surface area contributed by atoms with Gasteiger partial charge in [0.1, 0.15) is 0 Å². The van der Waals surface area contributed by atoms with Crippen LogP contribution in [0.5, 0.6) is 6.01 Å². The molecule has 2 aromatic heterocycles. The van der Waals surface area contributed by atoms with Crippen molar-refractivity contribution < 1.29 is 18.8 Å². The Kier molecular flexibility index (Phi) is 4.12. The van der Waals surface area contributed by atoms with Crippen molar-refractivity contribution in [2.45, 2.75) is 25.0 Å². The van der Waals surface area contributed by atoms with Gasteiger partial charge >= 0.3 is 6.01 Å². The highest BCUT2D eigenvalue weighted by Crippen LogP contribution is 2.35. The van der Waals surface area contributed by atoms with Crippen LogP contribution in [0.3, 0.4) is 0 Å². The van der Waals surface area contributed by atoms with Crippen molar-refractivity contribution in [3.05, 3.63) is 36.5 Å². The molecular weight excluding hydrogens is 312 g/mol. The van der Waals surface area contributed by atoms with Crippen molar-refractivity contribution in [1.29, 1.82) is 0 Å². The lowest BCUT2D eigenvalue weighted by molar-refractivity contribution is -0.0690. The Hall–Kier alpha value is -2.48. The lowest BCUT2D eigenvalue weighted by atomic mass is 10.0. The molecule has 0 aromatic carbocycles. The highest BCUT2D eigenvalue weighted by Gasteiger charge is 2.45. The van der Waals surface area contributed by atoms with Gasteiger partial charge in [0, 0.05) is 30.9 Å². The third kappa shape index (κ3) is 2.84. The molecule has 0 N–H and O–H groups in total. The summed E-state index contributed by atoms with van der Waals surface area (Å²) in [4.78, 5) is 22.5. The van der Waals surface area contributed by atoms with Gasteiger partial charge in [0.15, 0.2) is 0 Å². The van der Waals surface area contributed by atoms with Crippen LogP contribution in [0.25, 0.3) is 0 Å². The van der Waals surface area contributed by atoms with Crippen LogP contribution in [0.2, 0.25) is 0 Å². The van der Waals surface area contributed by atoms with Crippen molar-refractivity contribution in [2.75, 3.05) is 19.8 Å². The van der Waals surface area contributed by atoms with E-state index in [1.165, 1.54) is 6.20 Å². The van der Waals surface area contributed by atoms with Crippen LogP contribution in [0.15, 0.2) is 35.2 Å². The van der Waals surface area contributed by atoms with Gasteiger partial charge in [0.05, 0.1) is 31.6 Å². The molecule has 2 aromatic rings. The molecule has 3 atom stereocenters. The number of carbonyl (C=O) groups is 1. The van der Waals surface area contributed by atoms with Gasteiger partial charge in [0.25, 0.3) is 5.91 Å². The number of hydrogen-bond donors (Lipinski definition) is 0. The zero-order valence-corrected chi connectivity index (χ0v) is 13.1. The van der Waals surface area contributed by atoms with Crippen LogP contribution in [0.1, 0.15) is 23.4 Å². The zero-order valence-electron chi connectivity index (χ0n) is 13.1. The summed E-state index contributed by atoms with van der Waals surface area (Å²) in [7, 11) is 0. The van der Waals surface area contributed by atoms with Crippen LogP contribution in [-0.4, -0.2) is 57.8 Å². The topological polar surface area (TPSA) is 90.6 Å². The predicted molar refractivity (Wildman–Crippen MR) is 81.3 cm³/mol. The van der Waals surface area contributed by atoms with Crippen molar-refractivity contribution in [2.24, 2.45) is 5.92 Å². The summed E-state index contributed by atoms with van der Waals surface area (Å²) in [6.45, 7) is 1.56. The number of hydrogen-bond acceptors (Lipinski definition) is 7. The van der Waals surface area contributed by atoms with E-state index in [1.54, 1.807) is 24.5 Å². The molecule has 1 aliphatic carbocycles. The normalized spacial score (nSPS) is 26.2. The van der Waals surface area contributed by atoms with Gasteiger partial charge in [-0.15, -0.1) is 0 Å². The molecule has 4 rings (SSSR count). The third-order valence-corrected chi connectivity index (χ3v) is 4.60. The van der Waals surface area contributed by atoms with Gasteiger partial charge in [-0.05, 0) is 18.9 Å². The minimum absolute atomic E-state index is 0.0330. The van der Waals surface area contributed by atoms with E-state index >= 15 is 0 Å². The fourth-order valence-corrected chi connectivity index (χ4v) is 3.50. The quantitative estimate of drug-likeness (QED) is 0.831. The molecule has 2 aliphatic rings. The van der Waals surface area contributed by atoms with Gasteiger partial charge in [-0.1, -0.05) is 5.16 Å². The molecule has 0 bridgehead atoms. The maximum atomic E-state index is 12.6. The molecule has 1 saturated carbocycles. The number of carbonyl (C=O) groups excluding carboxylic acids is 1. The Morgan fingerprint density at radius 1 is 1.29 bits per heavy atom. The maximum absolute atomic E-state index is 12.6. The van der Waals surface area contributed by atoms with E-state index in [4.69, 9.17) is 14.0 Å². The summed E-state index contributed by atoms with van der Waals surface area (Å²) in [6, 6.07) is 3.75. The lowest BCUT2D eigenvalue weighted by Gasteiger charge is -2.38. The summed E-state index contributed by atoms with van der Waals surface area (Å²) in [5, 5.41) is 3.61. The van der Waals surface area contributed by atoms with E-state index in [9.17, 15) is 4.79 Å². The van der Waals surface area contributed by atoms with Crippen LogP contribution in [-0.2, 0) is 4.74 Å². The molecule has 126 valence electrons. The molecule has 1 amide bonds. The smallest absolute Gasteiger partial charge is 0.316 e. The second kappa shape index (κ2) is 6.56. The maximum Gasteiger partial charge on any atom is 0.316 e. The first-order chi connectivity index (χ1) is 11.8. The first-order valence-corrected chi connectivity index (χ1v) is 8.06. The summed E-state index contributed by atoms with van der Waals surface area (Å²) in [5.41, 5.74) is 0. The zero-order chi connectivity index (χ0) is 16.4. The summed E-state index contributed by atoms with van der Waals surface area (Å²) < 4.78 is 16.6. The van der Waals surface area contributed by atoms with E-state index < -0.39 is 0 Å². The van der Waals surface area contributed by atoms with Crippen LogP contribution in [0.4, 0.5) is 0 Å². The monoisotopic (exact) mass is 330 g/mol. The molecule has 0 unspecified atom stereocenters. The van der Waals surface area contributed by atoms with Crippen molar-refractivity contribution >= 4 is 5.91 Å². The number of morpholine rings is 1. The molecular formula is C16H18N4O4. The molecule has 8 heteroatoms. The SMILES string of the molecule is O=C(c1ccno1)N1CCO[C@@H]2[C@@H](COc3ncccn3)CC[C@H]21. The summed E-state index contributed by atoms with van der Waals surface area (Å²) >= 11 is 0. The standard InChI is InChI=1S/C16H18N4O4/c21-15(13-4-7-19-24-13)20-8-9-22-14-11(2-3-12(14)20)10-23-16-17-5-1-6-18-16/h1,4-7,11-12,14H,2-3,8-10H2/t11-,12-,14-/m1/s1. The van der Waals surface area contributed by atoms with Crippen LogP contribution < -0.4 is 4.74 Å². The van der Waals surface area contributed by atoms with Crippen molar-refractivity contribution in [3.8, 4) is 6.01 Å². The molecule has 8 nitrogen and oxygen atoms in total. The van der Waals surface area contributed by atoms with E-state index in [0.717, 1.165) is 12.8 Å². The number of ether oxygens (including phenoxy) is 2. The Morgan fingerprint density at radius 2 is 2.17 bits per heavy atom. The van der Waals surface area contributed by atoms with Gasteiger partial charge in [-0.3, -0.25) is 4.79 Å². The first kappa shape index (κ1) is 15.1. The Morgan fingerprint density at radius 3 is 2.96 bits per heavy atom. The van der Waals surface area contributed by atoms with E-state index in [1.807, 2.05) is 4.90 Å². The Labute approximate surface area is 138 Å². The van der Waals surface area contributed by atoms with Gasteiger partial charge in [-0.2, -0.15) is 0 Å².